The second-order valence-corrected chi connectivity index (χ2v) is 3.24. The number of hydrogen-bond acceptors (Lipinski definition) is 0. The van der Waals surface area contributed by atoms with Crippen molar-refractivity contribution >= 4 is 15.9 Å². The van der Waals surface area contributed by atoms with Crippen LogP contribution in [-0.4, -0.2) is 0 Å². The Morgan fingerprint density at radius 3 is 2.45 bits per heavy atom. The van der Waals surface area contributed by atoms with Gasteiger partial charge in [0.2, 0.25) is 0 Å². The van der Waals surface area contributed by atoms with Gasteiger partial charge in [-0.2, -0.15) is 0 Å². The van der Waals surface area contributed by atoms with E-state index in [-0.39, 0.29) is 0 Å². The molecular weight excluding hydrogens is 200 g/mol. The summed E-state index contributed by atoms with van der Waals surface area (Å²) in [7, 11) is 0. The maximum absolute atomic E-state index is 5.09. The number of hydrogen-bond donors (Lipinski definition) is 0. The van der Waals surface area contributed by atoms with Crippen molar-refractivity contribution in [2.45, 2.75) is 13.8 Å². The van der Waals surface area contributed by atoms with Gasteiger partial charge in [0.25, 0.3) is 0 Å². The lowest BCUT2D eigenvalue weighted by atomic mass is 10.2. The Hall–Kier alpha value is -0.740. The van der Waals surface area contributed by atoms with Crippen molar-refractivity contribution in [3.63, 3.8) is 0 Å². The fourth-order valence-corrected chi connectivity index (χ4v) is 0.707. The van der Waals surface area contributed by atoms with Gasteiger partial charge in [-0.25, -0.2) is 0 Å². The van der Waals surface area contributed by atoms with E-state index < -0.39 is 0 Å². The van der Waals surface area contributed by atoms with Crippen LogP contribution in [-0.2, 0) is 0 Å². The molecule has 0 unspecified atom stereocenters. The highest BCUT2D eigenvalue weighted by Gasteiger charge is 1.90. The van der Waals surface area contributed by atoms with Gasteiger partial charge in [0.05, 0.1) is 0 Å². The van der Waals surface area contributed by atoms with Gasteiger partial charge >= 0.3 is 0 Å². The molecule has 0 saturated heterocycles. The Labute approximate surface area is 76.8 Å². The molecule has 58 valence electrons. The normalized spacial score (nSPS) is 12.5. The van der Waals surface area contributed by atoms with Crippen LogP contribution >= 0.6 is 15.9 Å². The number of terminal acetylenes is 1. The topological polar surface area (TPSA) is 0 Å². The van der Waals surface area contributed by atoms with E-state index in [2.05, 4.69) is 28.4 Å². The summed E-state index contributed by atoms with van der Waals surface area (Å²) in [4.78, 5) is 0. The molecule has 0 spiro atoms. The lowest BCUT2D eigenvalue weighted by Gasteiger charge is -1.95. The second kappa shape index (κ2) is 4.98. The van der Waals surface area contributed by atoms with Crippen LogP contribution in [0.4, 0.5) is 0 Å². The zero-order chi connectivity index (χ0) is 8.85. The summed E-state index contributed by atoms with van der Waals surface area (Å²) < 4.78 is 0.891. The summed E-state index contributed by atoms with van der Waals surface area (Å²) in [5.74, 6) is 2.46. The first-order chi connectivity index (χ1) is 5.07. The molecule has 0 fully saturated rings. The number of allylic oxidation sites excluding steroid dienone is 5. The molecule has 0 radical (unpaired) electrons. The molecule has 0 aliphatic carbocycles. The molecule has 0 aliphatic rings. The minimum absolute atomic E-state index is 0.891. The molecule has 0 nitrogen and oxygen atoms in total. The van der Waals surface area contributed by atoms with Gasteiger partial charge in [-0.05, 0) is 31.1 Å². The van der Waals surface area contributed by atoms with E-state index in [0.717, 1.165) is 15.6 Å². The average molecular weight is 211 g/mol. The monoisotopic (exact) mass is 210 g/mol. The molecule has 0 aromatic carbocycles. The van der Waals surface area contributed by atoms with E-state index >= 15 is 0 Å². The largest absolute Gasteiger partial charge is 0.115 e. The third kappa shape index (κ3) is 4.64. The van der Waals surface area contributed by atoms with Crippen molar-refractivity contribution in [1.29, 1.82) is 0 Å². The minimum Gasteiger partial charge on any atom is -0.115 e. The van der Waals surface area contributed by atoms with Crippen LogP contribution in [0.1, 0.15) is 13.8 Å². The maximum Gasteiger partial charge on any atom is 0.0132 e. The molecule has 0 saturated carbocycles. The van der Waals surface area contributed by atoms with E-state index in [1.54, 1.807) is 6.08 Å². The van der Waals surface area contributed by atoms with E-state index in [0.29, 0.717) is 0 Å². The second-order valence-electron chi connectivity index (χ2n) is 2.29. The summed E-state index contributed by atoms with van der Waals surface area (Å²) in [6, 6.07) is 0. The van der Waals surface area contributed by atoms with E-state index in [9.17, 15) is 0 Å². The van der Waals surface area contributed by atoms with Gasteiger partial charge in [-0.15, -0.1) is 6.42 Å². The van der Waals surface area contributed by atoms with Crippen LogP contribution in [0.25, 0.3) is 0 Å². The lowest BCUT2D eigenvalue weighted by Crippen LogP contribution is -1.74. The molecule has 0 aromatic rings. The summed E-state index contributed by atoms with van der Waals surface area (Å²) in [6.45, 7) is 7.67. The van der Waals surface area contributed by atoms with Gasteiger partial charge in [-0.1, -0.05) is 34.5 Å². The molecule has 0 heterocycles. The van der Waals surface area contributed by atoms with Crippen molar-refractivity contribution < 1.29 is 0 Å². The Morgan fingerprint density at radius 1 is 1.55 bits per heavy atom. The van der Waals surface area contributed by atoms with Crippen LogP contribution in [0.3, 0.4) is 0 Å². The van der Waals surface area contributed by atoms with E-state index in [4.69, 9.17) is 6.42 Å². The zero-order valence-corrected chi connectivity index (χ0v) is 8.40. The van der Waals surface area contributed by atoms with Gasteiger partial charge in [0.1, 0.15) is 0 Å². The first-order valence-electron chi connectivity index (χ1n) is 3.24. The van der Waals surface area contributed by atoms with Crippen molar-refractivity contribution in [3.8, 4) is 12.3 Å². The molecular formula is C10H11Br. The highest BCUT2D eigenvalue weighted by molar-refractivity contribution is 9.11. The summed E-state index contributed by atoms with van der Waals surface area (Å²) in [5, 5.41) is 0. The molecule has 1 heteroatoms. The van der Waals surface area contributed by atoms with Crippen LogP contribution in [0.5, 0.6) is 0 Å². The van der Waals surface area contributed by atoms with Gasteiger partial charge in [-0.3, -0.25) is 0 Å². The van der Waals surface area contributed by atoms with Gasteiger partial charge < -0.3 is 0 Å². The minimum atomic E-state index is 0.891. The molecule has 0 rings (SSSR count). The van der Waals surface area contributed by atoms with Crippen molar-refractivity contribution in [3.05, 3.63) is 34.4 Å². The fraction of sp³-hybridized carbons (Fsp3) is 0.200. The molecule has 11 heavy (non-hydrogen) atoms. The first-order valence-corrected chi connectivity index (χ1v) is 4.03. The first kappa shape index (κ1) is 10.3. The Morgan fingerprint density at radius 2 is 2.09 bits per heavy atom. The summed E-state index contributed by atoms with van der Waals surface area (Å²) in [5.41, 5.74) is 2.15. The lowest BCUT2D eigenvalue weighted by molar-refractivity contribution is 1.43. The van der Waals surface area contributed by atoms with Gasteiger partial charge in [0.15, 0.2) is 0 Å². The highest BCUT2D eigenvalue weighted by atomic mass is 79.9. The summed E-state index contributed by atoms with van der Waals surface area (Å²) >= 11 is 3.28. The van der Waals surface area contributed by atoms with Crippen LogP contribution in [0.15, 0.2) is 34.4 Å². The average Bonchev–Trinajstić information content (AvgIpc) is 1.87. The van der Waals surface area contributed by atoms with Gasteiger partial charge in [0, 0.05) is 4.48 Å². The van der Waals surface area contributed by atoms with E-state index in [1.165, 1.54) is 0 Å². The van der Waals surface area contributed by atoms with Crippen molar-refractivity contribution in [1.82, 2.24) is 0 Å². The van der Waals surface area contributed by atoms with Crippen molar-refractivity contribution in [2.24, 2.45) is 0 Å². The Balaban J connectivity index is 4.46. The van der Waals surface area contributed by atoms with Crippen LogP contribution in [0.2, 0.25) is 0 Å². The fourth-order valence-electron chi connectivity index (χ4n) is 0.593. The SMILES string of the molecule is C#C/C=C(C)\C=C(\C)C(=C)Br. The quantitative estimate of drug-likeness (QED) is 0.485. The third-order valence-electron chi connectivity index (χ3n) is 1.18. The molecule has 0 atom stereocenters. The zero-order valence-electron chi connectivity index (χ0n) is 6.82. The molecule has 0 amide bonds. The smallest absolute Gasteiger partial charge is 0.0132 e. The number of halogens is 1. The maximum atomic E-state index is 5.09. The predicted octanol–water partition coefficient (Wildman–Crippen LogP) is 3.42. The highest BCUT2D eigenvalue weighted by Crippen LogP contribution is 2.15. The van der Waals surface area contributed by atoms with Crippen molar-refractivity contribution in [2.75, 3.05) is 0 Å². The standard InChI is InChI=1S/C10H11Br/c1-5-6-8(2)7-9(3)10(4)11/h1,6-7H,4H2,2-3H3/b8-6-,9-7-. The Bertz CT molecular complexity index is 249. The Kier molecular flexibility index (Phi) is 4.65. The third-order valence-corrected chi connectivity index (χ3v) is 1.81. The molecule has 0 bridgehead atoms. The molecule has 0 aliphatic heterocycles. The van der Waals surface area contributed by atoms with Crippen LogP contribution in [0, 0.1) is 12.3 Å². The molecule has 0 aromatic heterocycles. The van der Waals surface area contributed by atoms with Crippen LogP contribution < -0.4 is 0 Å². The summed E-state index contributed by atoms with van der Waals surface area (Å²) in [6.07, 6.45) is 8.80. The molecule has 0 N–H and O–H groups in total. The predicted molar refractivity (Wildman–Crippen MR) is 54.4 cm³/mol. The van der Waals surface area contributed by atoms with E-state index in [1.807, 2.05) is 19.9 Å². The number of rotatable bonds is 2.